The molecule has 2 aliphatic rings. The molecule has 1 aromatic carbocycles. The molecule has 0 bridgehead atoms. The minimum atomic E-state index is -0.603. The summed E-state index contributed by atoms with van der Waals surface area (Å²) in [6.45, 7) is 8.67. The summed E-state index contributed by atoms with van der Waals surface area (Å²) in [7, 11) is 0. The predicted molar refractivity (Wildman–Crippen MR) is 102 cm³/mol. The highest BCUT2D eigenvalue weighted by Gasteiger charge is 2.35. The number of hydrogen-bond acceptors (Lipinski definition) is 4. The highest BCUT2D eigenvalue weighted by Crippen LogP contribution is 2.22. The van der Waals surface area contributed by atoms with Crippen LogP contribution >= 0.6 is 0 Å². The number of benzene rings is 1. The average molecular weight is 347 g/mol. The van der Waals surface area contributed by atoms with Gasteiger partial charge in [-0.3, -0.25) is 9.80 Å². The zero-order valence-electron chi connectivity index (χ0n) is 15.8. The Bertz CT molecular complexity index is 532. The first kappa shape index (κ1) is 18.8. The molecule has 2 saturated heterocycles. The van der Waals surface area contributed by atoms with Gasteiger partial charge in [0.2, 0.25) is 0 Å². The number of piperidine rings is 1. The van der Waals surface area contributed by atoms with Gasteiger partial charge in [0.05, 0.1) is 11.7 Å². The number of likely N-dealkylation sites (tertiary alicyclic amines) is 2. The summed E-state index contributed by atoms with van der Waals surface area (Å²) < 4.78 is 0. The lowest BCUT2D eigenvalue weighted by molar-refractivity contribution is 0.0705. The second-order valence-corrected chi connectivity index (χ2v) is 8.55. The van der Waals surface area contributed by atoms with Crippen molar-refractivity contribution in [1.82, 2.24) is 9.80 Å². The third kappa shape index (κ3) is 5.52. The monoisotopic (exact) mass is 346 g/mol. The van der Waals surface area contributed by atoms with Crippen LogP contribution in [0.25, 0.3) is 0 Å². The number of aryl methyl sites for hydroxylation is 1. The Morgan fingerprint density at radius 3 is 2.28 bits per heavy atom. The summed E-state index contributed by atoms with van der Waals surface area (Å²) >= 11 is 0. The van der Waals surface area contributed by atoms with Gasteiger partial charge in [-0.1, -0.05) is 30.7 Å². The van der Waals surface area contributed by atoms with Crippen molar-refractivity contribution in [3.63, 3.8) is 0 Å². The number of hydrogen-bond donors (Lipinski definition) is 2. The highest BCUT2D eigenvalue weighted by molar-refractivity contribution is 5.23. The van der Waals surface area contributed by atoms with E-state index in [9.17, 15) is 10.2 Å². The van der Waals surface area contributed by atoms with E-state index < -0.39 is 5.60 Å². The van der Waals surface area contributed by atoms with E-state index >= 15 is 0 Å². The quantitative estimate of drug-likeness (QED) is 0.830. The second-order valence-electron chi connectivity index (χ2n) is 8.55. The molecule has 3 rings (SSSR count). The number of nitrogens with zero attached hydrogens (tertiary/aromatic N) is 2. The Morgan fingerprint density at radius 1 is 1.00 bits per heavy atom. The van der Waals surface area contributed by atoms with Crippen LogP contribution in [0.4, 0.5) is 0 Å². The Balaban J connectivity index is 1.50. The van der Waals surface area contributed by atoms with Crippen LogP contribution in [0, 0.1) is 0 Å². The number of β-amino-alcohol motifs (C(OH)–C–C–N with tert-alkyl or cyclic N) is 1. The Hall–Kier alpha value is -0.940. The molecule has 4 heteroatoms. The van der Waals surface area contributed by atoms with Crippen molar-refractivity contribution in [1.29, 1.82) is 0 Å². The summed E-state index contributed by atoms with van der Waals surface area (Å²) in [6, 6.07) is 9.05. The molecule has 25 heavy (non-hydrogen) atoms. The van der Waals surface area contributed by atoms with Gasteiger partial charge in [-0.2, -0.15) is 0 Å². The molecule has 0 unspecified atom stereocenters. The van der Waals surface area contributed by atoms with Gasteiger partial charge in [-0.25, -0.2) is 0 Å². The molecule has 1 aromatic rings. The van der Waals surface area contributed by atoms with Crippen LogP contribution in [0.15, 0.2) is 24.3 Å². The van der Waals surface area contributed by atoms with Gasteiger partial charge >= 0.3 is 0 Å². The van der Waals surface area contributed by atoms with E-state index in [1.54, 1.807) is 0 Å². The van der Waals surface area contributed by atoms with Crippen molar-refractivity contribution in [2.45, 2.75) is 70.2 Å². The zero-order valence-corrected chi connectivity index (χ0v) is 15.8. The molecular weight excluding hydrogens is 312 g/mol. The molecule has 2 atom stereocenters. The Morgan fingerprint density at radius 2 is 1.64 bits per heavy atom. The van der Waals surface area contributed by atoms with Crippen LogP contribution in [0.2, 0.25) is 0 Å². The van der Waals surface area contributed by atoms with Crippen molar-refractivity contribution >= 4 is 0 Å². The standard InChI is InChI=1S/C21H34N2O2/c1-21(2,25)11-10-17-6-8-18(9-7-17)14-22-15-19(20(24)16-22)23-12-4-3-5-13-23/h6-9,19-20,24-25H,3-5,10-16H2,1-2H3/t19-,20-/m1/s1. The fourth-order valence-corrected chi connectivity index (χ4v) is 4.10. The molecule has 0 aromatic heterocycles. The summed E-state index contributed by atoms with van der Waals surface area (Å²) in [5.74, 6) is 0. The van der Waals surface area contributed by atoms with Gasteiger partial charge < -0.3 is 10.2 Å². The van der Waals surface area contributed by atoms with Crippen LogP contribution < -0.4 is 0 Å². The molecular formula is C21H34N2O2. The van der Waals surface area contributed by atoms with E-state index in [4.69, 9.17) is 0 Å². The third-order valence-corrected chi connectivity index (χ3v) is 5.65. The fourth-order valence-electron chi connectivity index (χ4n) is 4.10. The van der Waals surface area contributed by atoms with Gasteiger partial charge in [0.25, 0.3) is 0 Å². The maximum atomic E-state index is 10.5. The van der Waals surface area contributed by atoms with Crippen LogP contribution in [-0.2, 0) is 13.0 Å². The van der Waals surface area contributed by atoms with E-state index in [2.05, 4.69) is 34.1 Å². The van der Waals surface area contributed by atoms with Crippen molar-refractivity contribution < 1.29 is 10.2 Å². The largest absolute Gasteiger partial charge is 0.390 e. The summed E-state index contributed by atoms with van der Waals surface area (Å²) in [6.07, 6.45) is 5.35. The maximum absolute atomic E-state index is 10.5. The molecule has 2 fully saturated rings. The van der Waals surface area contributed by atoms with Crippen molar-refractivity contribution in [2.24, 2.45) is 0 Å². The molecule has 0 amide bonds. The number of rotatable bonds is 6. The Labute approximate surface area is 152 Å². The molecule has 4 nitrogen and oxygen atoms in total. The molecule has 0 spiro atoms. The molecule has 0 saturated carbocycles. The van der Waals surface area contributed by atoms with Crippen molar-refractivity contribution in [3.8, 4) is 0 Å². The van der Waals surface area contributed by atoms with Gasteiger partial charge in [-0.05, 0) is 63.7 Å². The SMILES string of the molecule is CC(C)(O)CCc1ccc(CN2C[C@@H](O)[C@H](N3CCCCC3)C2)cc1. The minimum absolute atomic E-state index is 0.218. The van der Waals surface area contributed by atoms with Gasteiger partial charge in [0.1, 0.15) is 0 Å². The van der Waals surface area contributed by atoms with Crippen molar-refractivity contribution in [2.75, 3.05) is 26.2 Å². The van der Waals surface area contributed by atoms with Crippen LogP contribution in [0.1, 0.15) is 50.7 Å². The van der Waals surface area contributed by atoms with Crippen LogP contribution in [-0.4, -0.2) is 63.9 Å². The second kappa shape index (κ2) is 8.17. The van der Waals surface area contributed by atoms with Gasteiger partial charge in [0.15, 0.2) is 0 Å². The van der Waals surface area contributed by atoms with E-state index in [0.717, 1.165) is 45.6 Å². The fraction of sp³-hybridized carbons (Fsp3) is 0.714. The minimum Gasteiger partial charge on any atom is -0.390 e. The Kier molecular flexibility index (Phi) is 6.16. The summed E-state index contributed by atoms with van der Waals surface area (Å²) in [5, 5.41) is 20.3. The average Bonchev–Trinajstić information content (AvgIpc) is 2.95. The van der Waals surface area contributed by atoms with E-state index in [1.807, 2.05) is 13.8 Å². The molecule has 2 N–H and O–H groups in total. The first-order valence-electron chi connectivity index (χ1n) is 9.85. The number of aliphatic hydroxyl groups is 2. The van der Waals surface area contributed by atoms with Crippen LogP contribution in [0.3, 0.4) is 0 Å². The van der Waals surface area contributed by atoms with E-state index in [0.29, 0.717) is 6.04 Å². The topological polar surface area (TPSA) is 46.9 Å². The molecule has 140 valence electrons. The van der Waals surface area contributed by atoms with E-state index in [-0.39, 0.29) is 6.10 Å². The van der Waals surface area contributed by atoms with Gasteiger partial charge in [-0.15, -0.1) is 0 Å². The lowest BCUT2D eigenvalue weighted by Crippen LogP contribution is -2.45. The smallest absolute Gasteiger partial charge is 0.0834 e. The normalized spacial score (nSPS) is 26.2. The molecule has 2 heterocycles. The molecule has 0 aliphatic carbocycles. The maximum Gasteiger partial charge on any atom is 0.0834 e. The van der Waals surface area contributed by atoms with Crippen LogP contribution in [0.5, 0.6) is 0 Å². The summed E-state index contributed by atoms with van der Waals surface area (Å²) in [4.78, 5) is 4.88. The number of aliphatic hydroxyl groups excluding tert-OH is 1. The highest BCUT2D eigenvalue weighted by atomic mass is 16.3. The zero-order chi connectivity index (χ0) is 17.9. The van der Waals surface area contributed by atoms with Crippen molar-refractivity contribution in [3.05, 3.63) is 35.4 Å². The lowest BCUT2D eigenvalue weighted by atomic mass is 9.98. The van der Waals surface area contributed by atoms with Gasteiger partial charge in [0, 0.05) is 25.7 Å². The third-order valence-electron chi connectivity index (χ3n) is 5.65. The van der Waals surface area contributed by atoms with E-state index in [1.165, 1.54) is 30.4 Å². The predicted octanol–water partition coefficient (Wildman–Crippen LogP) is 2.42. The first-order valence-corrected chi connectivity index (χ1v) is 9.85. The molecule has 2 aliphatic heterocycles. The molecule has 0 radical (unpaired) electrons. The lowest BCUT2D eigenvalue weighted by Gasteiger charge is -2.33. The first-order chi connectivity index (χ1) is 11.9. The summed E-state index contributed by atoms with van der Waals surface area (Å²) in [5.41, 5.74) is 1.98.